The predicted molar refractivity (Wildman–Crippen MR) is 191 cm³/mol. The second-order valence-corrected chi connectivity index (χ2v) is 16.5. The molecule has 0 saturated heterocycles. The van der Waals surface area contributed by atoms with Crippen LogP contribution in [0.1, 0.15) is 105 Å². The molecule has 0 heterocycles. The molecular formula is C40H53O3P. The van der Waals surface area contributed by atoms with Gasteiger partial charge in [-0.3, -0.25) is 4.57 Å². The summed E-state index contributed by atoms with van der Waals surface area (Å²) < 4.78 is 8.74. The summed E-state index contributed by atoms with van der Waals surface area (Å²) in [6.07, 6.45) is 0. The highest BCUT2D eigenvalue weighted by Gasteiger charge is 2.28. The SMILES string of the molecule is CC(C)(C)c1ccc(-c2cccc(-c3ccccc3)c2-c2ccc(C(C)(C)C)cc2C(C)(C)C)c(C(C)(C)C)c1.O=[PH](O)O. The van der Waals surface area contributed by atoms with Crippen LogP contribution in [-0.4, -0.2) is 9.79 Å². The summed E-state index contributed by atoms with van der Waals surface area (Å²) in [5, 5.41) is 0. The lowest BCUT2D eigenvalue weighted by atomic mass is 9.73. The van der Waals surface area contributed by atoms with Crippen LogP contribution in [0.25, 0.3) is 33.4 Å². The topological polar surface area (TPSA) is 57.5 Å². The number of hydrogen-bond donors (Lipinski definition) is 2. The molecule has 0 unspecified atom stereocenters. The predicted octanol–water partition coefficient (Wildman–Crippen LogP) is 11.2. The molecular weight excluding hydrogens is 559 g/mol. The zero-order valence-corrected chi connectivity index (χ0v) is 29.9. The maximum absolute atomic E-state index is 8.74. The summed E-state index contributed by atoms with van der Waals surface area (Å²) in [6, 6.07) is 32.2. The minimum absolute atomic E-state index is 0.000432. The van der Waals surface area contributed by atoms with Gasteiger partial charge in [-0.1, -0.05) is 168 Å². The largest absolute Gasteiger partial charge is 0.326 e. The van der Waals surface area contributed by atoms with Gasteiger partial charge in [-0.2, -0.15) is 0 Å². The molecule has 236 valence electrons. The van der Waals surface area contributed by atoms with Crippen molar-refractivity contribution in [2.45, 2.75) is 105 Å². The molecule has 0 bridgehead atoms. The van der Waals surface area contributed by atoms with E-state index in [1.54, 1.807) is 0 Å². The van der Waals surface area contributed by atoms with Crippen LogP contribution in [0.5, 0.6) is 0 Å². The Labute approximate surface area is 267 Å². The van der Waals surface area contributed by atoms with Crippen LogP contribution in [-0.2, 0) is 26.2 Å². The Balaban J connectivity index is 0.00000124. The van der Waals surface area contributed by atoms with Crippen LogP contribution in [0.3, 0.4) is 0 Å². The van der Waals surface area contributed by atoms with Gasteiger partial charge < -0.3 is 9.79 Å². The summed E-state index contributed by atoms with van der Waals surface area (Å²) in [5.41, 5.74) is 13.5. The second-order valence-electron chi connectivity index (χ2n) is 15.9. The van der Waals surface area contributed by atoms with E-state index in [-0.39, 0.29) is 21.7 Å². The lowest BCUT2D eigenvalue weighted by Crippen LogP contribution is -2.18. The Kier molecular flexibility index (Phi) is 10.6. The number of benzene rings is 4. The fraction of sp³-hybridized carbons (Fsp3) is 0.400. The van der Waals surface area contributed by atoms with Crippen LogP contribution in [0.2, 0.25) is 0 Å². The molecule has 0 aliphatic carbocycles. The van der Waals surface area contributed by atoms with Gasteiger partial charge >= 0.3 is 8.25 Å². The van der Waals surface area contributed by atoms with Gasteiger partial charge in [0.2, 0.25) is 0 Å². The molecule has 44 heavy (non-hydrogen) atoms. The van der Waals surface area contributed by atoms with Crippen molar-refractivity contribution in [2.24, 2.45) is 0 Å². The lowest BCUT2D eigenvalue weighted by molar-refractivity contribution is 0.405. The molecule has 0 aromatic heterocycles. The molecule has 0 amide bonds. The minimum Gasteiger partial charge on any atom is -0.326 e. The standard InChI is InChI=1S/C40H50.H3O3P/c1-37(2,3)28-21-23-31(34(25-28)39(7,8)9)32-20-16-19-30(27-17-14-13-15-18-27)36(32)33-24-22-29(38(4,5)6)26-35(33)40(10,11)12;1-4(2)3/h13-26H,1-12H3;4H,(H2,1,2,3). The van der Waals surface area contributed by atoms with Crippen molar-refractivity contribution >= 4 is 8.25 Å². The van der Waals surface area contributed by atoms with Crippen LogP contribution in [0.15, 0.2) is 84.9 Å². The van der Waals surface area contributed by atoms with Crippen LogP contribution in [0.4, 0.5) is 0 Å². The van der Waals surface area contributed by atoms with Crippen LogP contribution < -0.4 is 0 Å². The fourth-order valence-corrected chi connectivity index (χ4v) is 5.64. The highest BCUT2D eigenvalue weighted by molar-refractivity contribution is 7.30. The van der Waals surface area contributed by atoms with E-state index in [1.807, 2.05) is 0 Å². The van der Waals surface area contributed by atoms with Crippen molar-refractivity contribution in [3.63, 3.8) is 0 Å². The minimum atomic E-state index is -3.13. The fourth-order valence-electron chi connectivity index (χ4n) is 5.64. The number of hydrogen-bond acceptors (Lipinski definition) is 1. The summed E-state index contributed by atoms with van der Waals surface area (Å²) >= 11 is 0. The van der Waals surface area contributed by atoms with Gasteiger partial charge in [0.25, 0.3) is 0 Å². The molecule has 0 fully saturated rings. The van der Waals surface area contributed by atoms with Crippen LogP contribution in [0, 0.1) is 0 Å². The lowest BCUT2D eigenvalue weighted by Gasteiger charge is -2.31. The molecule has 4 aromatic carbocycles. The maximum Gasteiger partial charge on any atom is 0.314 e. The molecule has 3 nitrogen and oxygen atoms in total. The van der Waals surface area contributed by atoms with Crippen molar-refractivity contribution in [3.8, 4) is 33.4 Å². The maximum atomic E-state index is 8.74. The Bertz CT molecular complexity index is 1600. The average molecular weight is 613 g/mol. The quantitative estimate of drug-likeness (QED) is 0.226. The highest BCUT2D eigenvalue weighted by Crippen LogP contribution is 2.47. The molecule has 4 aromatic rings. The van der Waals surface area contributed by atoms with Gasteiger partial charge in [0.05, 0.1) is 0 Å². The normalized spacial score (nSPS) is 12.6. The molecule has 0 atom stereocenters. The Morgan fingerprint density at radius 1 is 0.455 bits per heavy atom. The molecule has 4 heteroatoms. The van der Waals surface area contributed by atoms with E-state index in [4.69, 9.17) is 14.4 Å². The van der Waals surface area contributed by atoms with Crippen molar-refractivity contribution in [3.05, 3.63) is 107 Å². The van der Waals surface area contributed by atoms with Crippen LogP contribution >= 0.6 is 8.25 Å². The van der Waals surface area contributed by atoms with Crippen molar-refractivity contribution in [1.82, 2.24) is 0 Å². The molecule has 0 radical (unpaired) electrons. The molecule has 4 rings (SSSR count). The van der Waals surface area contributed by atoms with E-state index in [0.29, 0.717) is 0 Å². The van der Waals surface area contributed by atoms with Crippen molar-refractivity contribution in [1.29, 1.82) is 0 Å². The first kappa shape index (κ1) is 35.5. The molecule has 2 N–H and O–H groups in total. The highest BCUT2D eigenvalue weighted by atomic mass is 31.1. The van der Waals surface area contributed by atoms with E-state index in [2.05, 4.69) is 168 Å². The number of rotatable bonds is 3. The van der Waals surface area contributed by atoms with E-state index in [0.717, 1.165) is 0 Å². The van der Waals surface area contributed by atoms with Gasteiger partial charge in [-0.25, -0.2) is 0 Å². The molecule has 0 saturated carbocycles. The summed E-state index contributed by atoms with van der Waals surface area (Å²) in [4.78, 5) is 14.3. The Morgan fingerprint density at radius 2 is 0.864 bits per heavy atom. The molecule has 0 aliphatic rings. The van der Waals surface area contributed by atoms with Gasteiger partial charge in [0, 0.05) is 0 Å². The van der Waals surface area contributed by atoms with Gasteiger partial charge in [0.15, 0.2) is 0 Å². The van der Waals surface area contributed by atoms with Gasteiger partial charge in [0.1, 0.15) is 0 Å². The van der Waals surface area contributed by atoms with Crippen molar-refractivity contribution < 1.29 is 14.4 Å². The van der Waals surface area contributed by atoms with E-state index in [1.165, 1.54) is 55.6 Å². The summed E-state index contributed by atoms with van der Waals surface area (Å²) in [5.74, 6) is 0. The third kappa shape index (κ3) is 8.60. The third-order valence-corrected chi connectivity index (χ3v) is 8.10. The smallest absolute Gasteiger partial charge is 0.314 e. The summed E-state index contributed by atoms with van der Waals surface area (Å²) in [7, 11) is -3.13. The molecule has 0 aliphatic heterocycles. The average Bonchev–Trinajstić information content (AvgIpc) is 2.90. The monoisotopic (exact) mass is 612 g/mol. The van der Waals surface area contributed by atoms with Crippen molar-refractivity contribution in [2.75, 3.05) is 0 Å². The zero-order valence-electron chi connectivity index (χ0n) is 28.9. The Hall–Kier alpha value is -2.97. The van der Waals surface area contributed by atoms with Gasteiger partial charge in [-0.05, 0) is 77.3 Å². The van der Waals surface area contributed by atoms with Gasteiger partial charge in [-0.15, -0.1) is 0 Å². The van der Waals surface area contributed by atoms with E-state index >= 15 is 0 Å². The Morgan fingerprint density at radius 3 is 1.30 bits per heavy atom. The van der Waals surface area contributed by atoms with E-state index in [9.17, 15) is 0 Å². The second kappa shape index (κ2) is 13.2. The third-order valence-electron chi connectivity index (χ3n) is 8.10. The first-order chi connectivity index (χ1) is 20.1. The first-order valence-corrected chi connectivity index (χ1v) is 16.8. The van der Waals surface area contributed by atoms with E-state index < -0.39 is 8.25 Å². The summed E-state index contributed by atoms with van der Waals surface area (Å²) in [6.45, 7) is 27.9. The first-order valence-electron chi connectivity index (χ1n) is 15.5. The zero-order chi connectivity index (χ0) is 33.3. The molecule has 0 spiro atoms.